The number of carbonyl (C=O) groups is 2. The highest BCUT2D eigenvalue weighted by molar-refractivity contribution is 5.92. The molecule has 0 bridgehead atoms. The first-order valence-corrected chi connectivity index (χ1v) is 7.94. The van der Waals surface area contributed by atoms with Crippen molar-refractivity contribution in [2.45, 2.75) is 44.6 Å². The molecule has 0 aromatic rings. The number of carbonyl (C=O) groups excluding carboxylic acids is 2. The van der Waals surface area contributed by atoms with E-state index in [1.54, 1.807) is 0 Å². The van der Waals surface area contributed by atoms with E-state index in [4.69, 9.17) is 4.74 Å². The zero-order valence-electron chi connectivity index (χ0n) is 12.0. The van der Waals surface area contributed by atoms with Crippen LogP contribution in [0.25, 0.3) is 0 Å². The van der Waals surface area contributed by atoms with Crippen LogP contribution in [0.3, 0.4) is 0 Å². The molecule has 2 aliphatic heterocycles. The molecule has 0 aromatic heterocycles. The maximum absolute atomic E-state index is 12.3. The number of hydrogen-bond donors (Lipinski definition) is 1. The third kappa shape index (κ3) is 3.14. The van der Waals surface area contributed by atoms with Gasteiger partial charge in [0.2, 0.25) is 11.8 Å². The third-order valence-electron chi connectivity index (χ3n) is 4.64. The van der Waals surface area contributed by atoms with Crippen molar-refractivity contribution in [3.05, 3.63) is 0 Å². The molecule has 3 aliphatic rings. The Kier molecular flexibility index (Phi) is 4.24. The molecule has 1 saturated carbocycles. The molecule has 0 radical (unpaired) electrons. The summed E-state index contributed by atoms with van der Waals surface area (Å²) in [6, 6.07) is 0. The second-order valence-electron chi connectivity index (χ2n) is 6.21. The average molecular weight is 280 g/mol. The Bertz CT molecular complexity index is 373. The van der Waals surface area contributed by atoms with Crippen LogP contribution in [0, 0.1) is 11.8 Å². The molecule has 1 N–H and O–H groups in total. The fourth-order valence-electron chi connectivity index (χ4n) is 3.26. The van der Waals surface area contributed by atoms with Gasteiger partial charge >= 0.3 is 0 Å². The van der Waals surface area contributed by atoms with Gasteiger partial charge in [-0.1, -0.05) is 0 Å². The molecule has 5 heteroatoms. The van der Waals surface area contributed by atoms with Gasteiger partial charge in [0, 0.05) is 26.2 Å². The first-order valence-electron chi connectivity index (χ1n) is 7.94. The molecule has 3 fully saturated rings. The standard InChI is InChI=1S/C15H24N2O3/c18-14(16-10-11-5-4-8-20-11)12-9-13(12)15(19)17-6-2-1-3-7-17/h11-13H,1-10H2,(H,16,18). The summed E-state index contributed by atoms with van der Waals surface area (Å²) in [5.74, 6) is 0.0845. The van der Waals surface area contributed by atoms with E-state index in [-0.39, 0.29) is 29.8 Å². The Morgan fingerprint density at radius 1 is 1.10 bits per heavy atom. The van der Waals surface area contributed by atoms with Crippen molar-refractivity contribution < 1.29 is 14.3 Å². The normalized spacial score (nSPS) is 33.0. The van der Waals surface area contributed by atoms with Crippen molar-refractivity contribution in [1.82, 2.24) is 10.2 Å². The zero-order chi connectivity index (χ0) is 13.9. The zero-order valence-corrected chi connectivity index (χ0v) is 12.0. The maximum atomic E-state index is 12.3. The highest BCUT2D eigenvalue weighted by Crippen LogP contribution is 2.40. The van der Waals surface area contributed by atoms with Crippen LogP contribution in [0.2, 0.25) is 0 Å². The molecule has 1 aliphatic carbocycles. The Morgan fingerprint density at radius 3 is 2.60 bits per heavy atom. The van der Waals surface area contributed by atoms with Crippen molar-refractivity contribution in [3.8, 4) is 0 Å². The van der Waals surface area contributed by atoms with Crippen LogP contribution in [-0.4, -0.2) is 49.1 Å². The van der Waals surface area contributed by atoms with Crippen LogP contribution in [0.5, 0.6) is 0 Å². The van der Waals surface area contributed by atoms with E-state index in [1.165, 1.54) is 6.42 Å². The molecule has 20 heavy (non-hydrogen) atoms. The lowest BCUT2D eigenvalue weighted by atomic mass is 10.1. The minimum absolute atomic E-state index is 0.0378. The van der Waals surface area contributed by atoms with Gasteiger partial charge in [0.15, 0.2) is 0 Å². The van der Waals surface area contributed by atoms with Gasteiger partial charge in [-0.3, -0.25) is 9.59 Å². The van der Waals surface area contributed by atoms with E-state index in [2.05, 4.69) is 5.32 Å². The average Bonchev–Trinajstić information content (AvgIpc) is 3.12. The van der Waals surface area contributed by atoms with Crippen LogP contribution in [-0.2, 0) is 14.3 Å². The van der Waals surface area contributed by atoms with Gasteiger partial charge in [0.1, 0.15) is 0 Å². The number of hydrogen-bond acceptors (Lipinski definition) is 3. The monoisotopic (exact) mass is 280 g/mol. The van der Waals surface area contributed by atoms with E-state index < -0.39 is 0 Å². The van der Waals surface area contributed by atoms with Crippen LogP contribution >= 0.6 is 0 Å². The number of ether oxygens (including phenoxy) is 1. The molecule has 0 aromatic carbocycles. The molecule has 0 spiro atoms. The highest BCUT2D eigenvalue weighted by Gasteiger charge is 2.49. The van der Waals surface area contributed by atoms with Gasteiger partial charge in [0.05, 0.1) is 17.9 Å². The van der Waals surface area contributed by atoms with E-state index in [9.17, 15) is 9.59 Å². The summed E-state index contributed by atoms with van der Waals surface area (Å²) in [6.45, 7) is 3.15. The van der Waals surface area contributed by atoms with E-state index in [1.807, 2.05) is 4.90 Å². The number of piperidine rings is 1. The minimum Gasteiger partial charge on any atom is -0.376 e. The SMILES string of the molecule is O=C(NCC1CCCO1)C1CC1C(=O)N1CCCCC1. The Morgan fingerprint density at radius 2 is 1.90 bits per heavy atom. The molecule has 3 unspecified atom stereocenters. The van der Waals surface area contributed by atoms with Crippen molar-refractivity contribution in [3.63, 3.8) is 0 Å². The number of likely N-dealkylation sites (tertiary alicyclic amines) is 1. The smallest absolute Gasteiger partial charge is 0.226 e. The predicted molar refractivity (Wildman–Crippen MR) is 74.0 cm³/mol. The molecule has 5 nitrogen and oxygen atoms in total. The van der Waals surface area contributed by atoms with E-state index in [0.29, 0.717) is 6.54 Å². The predicted octanol–water partition coefficient (Wildman–Crippen LogP) is 0.930. The molecular formula is C15H24N2O3. The van der Waals surface area contributed by atoms with E-state index in [0.717, 1.165) is 51.8 Å². The summed E-state index contributed by atoms with van der Waals surface area (Å²) >= 11 is 0. The van der Waals surface area contributed by atoms with Crippen molar-refractivity contribution in [2.24, 2.45) is 11.8 Å². The lowest BCUT2D eigenvalue weighted by Gasteiger charge is -2.26. The summed E-state index contributed by atoms with van der Waals surface area (Å²) in [6.07, 6.45) is 6.45. The van der Waals surface area contributed by atoms with Crippen LogP contribution in [0.4, 0.5) is 0 Å². The van der Waals surface area contributed by atoms with Gasteiger partial charge in [-0.15, -0.1) is 0 Å². The van der Waals surface area contributed by atoms with Crippen molar-refractivity contribution in [1.29, 1.82) is 0 Å². The van der Waals surface area contributed by atoms with Crippen LogP contribution < -0.4 is 5.32 Å². The fourth-order valence-corrected chi connectivity index (χ4v) is 3.26. The highest BCUT2D eigenvalue weighted by atomic mass is 16.5. The Balaban J connectivity index is 1.40. The van der Waals surface area contributed by atoms with Gasteiger partial charge in [-0.2, -0.15) is 0 Å². The number of rotatable bonds is 4. The van der Waals surface area contributed by atoms with Crippen molar-refractivity contribution in [2.75, 3.05) is 26.2 Å². The molecular weight excluding hydrogens is 256 g/mol. The fraction of sp³-hybridized carbons (Fsp3) is 0.867. The number of nitrogens with one attached hydrogen (secondary N) is 1. The van der Waals surface area contributed by atoms with Crippen LogP contribution in [0.15, 0.2) is 0 Å². The molecule has 2 saturated heterocycles. The lowest BCUT2D eigenvalue weighted by molar-refractivity contribution is -0.135. The molecule has 112 valence electrons. The summed E-state index contributed by atoms with van der Waals surface area (Å²) in [7, 11) is 0. The first-order chi connectivity index (χ1) is 9.75. The summed E-state index contributed by atoms with van der Waals surface area (Å²) < 4.78 is 5.48. The first kappa shape index (κ1) is 13.9. The van der Waals surface area contributed by atoms with Crippen LogP contribution in [0.1, 0.15) is 38.5 Å². The second kappa shape index (κ2) is 6.12. The number of nitrogens with zero attached hydrogens (tertiary/aromatic N) is 1. The molecule has 3 atom stereocenters. The van der Waals surface area contributed by atoms with Gasteiger partial charge < -0.3 is 15.0 Å². The van der Waals surface area contributed by atoms with Gasteiger partial charge in [0.25, 0.3) is 0 Å². The summed E-state index contributed by atoms with van der Waals surface area (Å²) in [5.41, 5.74) is 0. The largest absolute Gasteiger partial charge is 0.376 e. The minimum atomic E-state index is -0.0918. The van der Waals surface area contributed by atoms with Crippen molar-refractivity contribution >= 4 is 11.8 Å². The third-order valence-corrected chi connectivity index (χ3v) is 4.64. The van der Waals surface area contributed by atoms with E-state index >= 15 is 0 Å². The quantitative estimate of drug-likeness (QED) is 0.833. The summed E-state index contributed by atoms with van der Waals surface area (Å²) in [5, 5.41) is 2.94. The summed E-state index contributed by atoms with van der Waals surface area (Å²) in [4.78, 5) is 26.2. The maximum Gasteiger partial charge on any atom is 0.226 e. The topological polar surface area (TPSA) is 58.6 Å². The van der Waals surface area contributed by atoms with Gasteiger partial charge in [-0.25, -0.2) is 0 Å². The molecule has 2 amide bonds. The Hall–Kier alpha value is -1.10. The number of amides is 2. The lowest BCUT2D eigenvalue weighted by Crippen LogP contribution is -2.38. The molecule has 2 heterocycles. The Labute approximate surface area is 120 Å². The molecule has 3 rings (SSSR count). The second-order valence-corrected chi connectivity index (χ2v) is 6.21. The van der Waals surface area contributed by atoms with Gasteiger partial charge in [-0.05, 0) is 38.5 Å².